The Hall–Kier alpha value is -0.790. The number of nitrogens with one attached hydrogen (secondary N) is 1. The molecule has 0 heterocycles. The van der Waals surface area contributed by atoms with Gasteiger partial charge in [-0.15, -0.1) is 0 Å². The van der Waals surface area contributed by atoms with Crippen LogP contribution < -0.4 is 5.32 Å². The fraction of sp³-hybridized carbons (Fsp3) is 0.625. The minimum absolute atomic E-state index is 0.604. The SMILES string of the molecule is CCCCC=CCN[C]=O. The summed E-state index contributed by atoms with van der Waals surface area (Å²) in [7, 11) is 0. The smallest absolute Gasteiger partial charge is 0.309 e. The second-order valence-corrected chi connectivity index (χ2v) is 2.10. The first kappa shape index (κ1) is 9.21. The quantitative estimate of drug-likeness (QED) is 0.337. The van der Waals surface area contributed by atoms with Crippen LogP contribution in [0.2, 0.25) is 0 Å². The maximum absolute atomic E-state index is 9.62. The molecule has 2 heteroatoms. The molecule has 0 unspecified atom stereocenters. The zero-order chi connectivity index (χ0) is 7.66. The molecule has 0 saturated carbocycles. The Bertz CT molecular complexity index is 99.4. The average Bonchev–Trinajstić information content (AvgIpc) is 1.97. The molecular weight excluding hydrogens is 126 g/mol. The van der Waals surface area contributed by atoms with Crippen LogP contribution in [-0.4, -0.2) is 13.0 Å². The molecule has 0 fully saturated rings. The molecule has 0 aromatic heterocycles. The maximum Gasteiger partial charge on any atom is 0.309 e. The number of unbranched alkanes of at least 4 members (excludes halogenated alkanes) is 2. The van der Waals surface area contributed by atoms with Crippen LogP contribution >= 0.6 is 0 Å². The first-order valence-electron chi connectivity index (χ1n) is 3.66. The Labute approximate surface area is 62.3 Å². The Morgan fingerprint density at radius 2 is 2.30 bits per heavy atom. The lowest BCUT2D eigenvalue weighted by Gasteiger charge is -1.88. The molecule has 57 valence electrons. The fourth-order valence-electron chi connectivity index (χ4n) is 0.624. The topological polar surface area (TPSA) is 29.1 Å². The van der Waals surface area contributed by atoms with Crippen molar-refractivity contribution >= 4 is 6.41 Å². The third-order valence-electron chi connectivity index (χ3n) is 1.18. The van der Waals surface area contributed by atoms with E-state index in [2.05, 4.69) is 18.3 Å². The van der Waals surface area contributed by atoms with Crippen LogP contribution in [0.5, 0.6) is 0 Å². The van der Waals surface area contributed by atoms with Gasteiger partial charge in [-0.25, -0.2) is 0 Å². The van der Waals surface area contributed by atoms with Gasteiger partial charge in [0, 0.05) is 6.54 Å². The number of amides is 1. The lowest BCUT2D eigenvalue weighted by atomic mass is 10.2. The zero-order valence-electron chi connectivity index (χ0n) is 6.39. The number of hydrogen-bond acceptors (Lipinski definition) is 1. The predicted octanol–water partition coefficient (Wildman–Crippen LogP) is 1.39. The summed E-state index contributed by atoms with van der Waals surface area (Å²) in [6, 6.07) is 0. The standard InChI is InChI=1S/C8H14NO/c1-2-3-4-5-6-7-9-8-10/h5-6H,2-4,7H2,1H3,(H,9,10). The Morgan fingerprint density at radius 3 is 2.90 bits per heavy atom. The van der Waals surface area contributed by atoms with Crippen LogP contribution in [0.15, 0.2) is 12.2 Å². The van der Waals surface area contributed by atoms with Gasteiger partial charge >= 0.3 is 6.41 Å². The summed E-state index contributed by atoms with van der Waals surface area (Å²) in [5.41, 5.74) is 0. The predicted molar refractivity (Wildman–Crippen MR) is 42.4 cm³/mol. The maximum atomic E-state index is 9.62. The highest BCUT2D eigenvalue weighted by molar-refractivity contribution is 5.47. The molecule has 0 aliphatic carbocycles. The molecule has 0 bridgehead atoms. The van der Waals surface area contributed by atoms with Crippen molar-refractivity contribution < 1.29 is 4.79 Å². The first-order chi connectivity index (χ1) is 4.91. The molecule has 1 radical (unpaired) electrons. The van der Waals surface area contributed by atoms with E-state index in [9.17, 15) is 4.79 Å². The molecule has 2 nitrogen and oxygen atoms in total. The summed E-state index contributed by atoms with van der Waals surface area (Å²) in [6.45, 7) is 2.76. The molecule has 1 N–H and O–H groups in total. The van der Waals surface area contributed by atoms with E-state index in [-0.39, 0.29) is 0 Å². The third kappa shape index (κ3) is 7.21. The zero-order valence-corrected chi connectivity index (χ0v) is 6.39. The summed E-state index contributed by atoms with van der Waals surface area (Å²) < 4.78 is 0. The Balaban J connectivity index is 2.96. The lowest BCUT2D eigenvalue weighted by Crippen LogP contribution is -2.09. The van der Waals surface area contributed by atoms with Gasteiger partial charge in [0.2, 0.25) is 0 Å². The highest BCUT2D eigenvalue weighted by Gasteiger charge is 1.77. The molecular formula is C8H14NO. The van der Waals surface area contributed by atoms with Crippen LogP contribution in [0.3, 0.4) is 0 Å². The van der Waals surface area contributed by atoms with Crippen LogP contribution in [-0.2, 0) is 4.79 Å². The van der Waals surface area contributed by atoms with Gasteiger partial charge in [0.1, 0.15) is 0 Å². The average molecular weight is 140 g/mol. The number of allylic oxidation sites excluding steroid dienone is 1. The van der Waals surface area contributed by atoms with Crippen molar-refractivity contribution in [2.75, 3.05) is 6.54 Å². The number of hydrogen-bond donors (Lipinski definition) is 1. The van der Waals surface area contributed by atoms with Crippen molar-refractivity contribution in [3.05, 3.63) is 12.2 Å². The van der Waals surface area contributed by atoms with Gasteiger partial charge in [0.05, 0.1) is 0 Å². The van der Waals surface area contributed by atoms with E-state index in [0.717, 1.165) is 6.42 Å². The molecule has 0 aliphatic rings. The summed E-state index contributed by atoms with van der Waals surface area (Å²) in [4.78, 5) is 9.62. The minimum atomic E-state index is 0.604. The molecule has 0 atom stereocenters. The van der Waals surface area contributed by atoms with E-state index in [1.54, 1.807) is 6.41 Å². The van der Waals surface area contributed by atoms with Crippen LogP contribution in [0, 0.1) is 0 Å². The number of rotatable bonds is 6. The van der Waals surface area contributed by atoms with Crippen LogP contribution in [0.1, 0.15) is 26.2 Å². The van der Waals surface area contributed by atoms with E-state index >= 15 is 0 Å². The van der Waals surface area contributed by atoms with Crippen molar-refractivity contribution in [3.8, 4) is 0 Å². The van der Waals surface area contributed by atoms with Crippen molar-refractivity contribution in [1.29, 1.82) is 0 Å². The normalized spacial score (nSPS) is 10.1. The van der Waals surface area contributed by atoms with Gasteiger partial charge in [-0.3, -0.25) is 4.79 Å². The monoisotopic (exact) mass is 140 g/mol. The molecule has 0 aromatic rings. The summed E-state index contributed by atoms with van der Waals surface area (Å²) in [6.07, 6.45) is 9.18. The molecule has 0 rings (SSSR count). The molecule has 0 aromatic carbocycles. The highest BCUT2D eigenvalue weighted by atomic mass is 16.1. The fourth-order valence-corrected chi connectivity index (χ4v) is 0.624. The van der Waals surface area contributed by atoms with Crippen molar-refractivity contribution in [3.63, 3.8) is 0 Å². The van der Waals surface area contributed by atoms with Crippen LogP contribution in [0.4, 0.5) is 0 Å². The largest absolute Gasteiger partial charge is 0.344 e. The molecule has 0 saturated heterocycles. The molecule has 0 aliphatic heterocycles. The highest BCUT2D eigenvalue weighted by Crippen LogP contribution is 1.93. The lowest BCUT2D eigenvalue weighted by molar-refractivity contribution is 0.545. The summed E-state index contributed by atoms with van der Waals surface area (Å²) in [5, 5.41) is 2.43. The minimum Gasteiger partial charge on any atom is -0.344 e. The summed E-state index contributed by atoms with van der Waals surface area (Å²) >= 11 is 0. The molecule has 10 heavy (non-hydrogen) atoms. The second-order valence-electron chi connectivity index (χ2n) is 2.10. The van der Waals surface area contributed by atoms with Crippen LogP contribution in [0.25, 0.3) is 0 Å². The van der Waals surface area contributed by atoms with Gasteiger partial charge in [-0.1, -0.05) is 31.9 Å². The van der Waals surface area contributed by atoms with Crippen molar-refractivity contribution in [1.82, 2.24) is 5.32 Å². The molecule has 0 spiro atoms. The Morgan fingerprint density at radius 1 is 1.50 bits per heavy atom. The van der Waals surface area contributed by atoms with E-state index < -0.39 is 0 Å². The first-order valence-corrected chi connectivity index (χ1v) is 3.66. The number of carbonyl (C=O) groups excluding carboxylic acids is 1. The van der Waals surface area contributed by atoms with Gasteiger partial charge in [0.15, 0.2) is 0 Å². The van der Waals surface area contributed by atoms with Gasteiger partial charge < -0.3 is 5.32 Å². The van der Waals surface area contributed by atoms with E-state index in [0.29, 0.717) is 6.54 Å². The second kappa shape index (κ2) is 8.21. The van der Waals surface area contributed by atoms with Gasteiger partial charge in [0.25, 0.3) is 0 Å². The van der Waals surface area contributed by atoms with Gasteiger partial charge in [-0.05, 0) is 6.42 Å². The van der Waals surface area contributed by atoms with E-state index in [1.165, 1.54) is 12.8 Å². The Kier molecular flexibility index (Phi) is 7.56. The van der Waals surface area contributed by atoms with E-state index in [1.807, 2.05) is 6.08 Å². The summed E-state index contributed by atoms with van der Waals surface area (Å²) in [5.74, 6) is 0. The van der Waals surface area contributed by atoms with Crippen molar-refractivity contribution in [2.24, 2.45) is 0 Å². The molecule has 1 amide bonds. The van der Waals surface area contributed by atoms with E-state index in [4.69, 9.17) is 0 Å². The van der Waals surface area contributed by atoms with Crippen molar-refractivity contribution in [2.45, 2.75) is 26.2 Å². The third-order valence-corrected chi connectivity index (χ3v) is 1.18. The van der Waals surface area contributed by atoms with Gasteiger partial charge in [-0.2, -0.15) is 0 Å².